The van der Waals surface area contributed by atoms with Crippen LogP contribution in [0.5, 0.6) is 0 Å². The second kappa shape index (κ2) is 13.4. The normalized spacial score (nSPS) is 17.8. The number of benzene rings is 2. The van der Waals surface area contributed by atoms with Gasteiger partial charge in [-0.15, -0.1) is 0 Å². The van der Waals surface area contributed by atoms with E-state index in [9.17, 15) is 22.8 Å². The minimum absolute atomic E-state index is 0.0268. The maximum absolute atomic E-state index is 13.7. The number of furan rings is 1. The molecule has 3 heterocycles. The van der Waals surface area contributed by atoms with Crippen LogP contribution in [0, 0.1) is 6.92 Å². The molecule has 44 heavy (non-hydrogen) atoms. The van der Waals surface area contributed by atoms with E-state index in [-0.39, 0.29) is 34.9 Å². The van der Waals surface area contributed by atoms with E-state index in [4.69, 9.17) is 4.42 Å². The molecule has 4 N–H and O–H groups in total. The summed E-state index contributed by atoms with van der Waals surface area (Å²) >= 11 is 0. The molecule has 0 aliphatic carbocycles. The SMILES string of the molecule is CNC(=O)Nc1cccc(S(=O)(=O)NC(=N[C@H]2CCCCN(CC(=O)N3CCCC3)C2=O)Nc2ccc3oc(C)cc3c2)c1. The highest BCUT2D eigenvalue weighted by atomic mass is 32.2. The van der Waals surface area contributed by atoms with Gasteiger partial charge in [0.25, 0.3) is 10.0 Å². The molecular weight excluding hydrogens is 586 g/mol. The zero-order chi connectivity index (χ0) is 31.3. The minimum Gasteiger partial charge on any atom is -0.461 e. The highest BCUT2D eigenvalue weighted by Crippen LogP contribution is 2.24. The molecule has 3 aromatic rings. The number of carbonyl (C=O) groups excluding carboxylic acids is 3. The summed E-state index contributed by atoms with van der Waals surface area (Å²) in [6, 6.07) is 11.5. The van der Waals surface area contributed by atoms with Gasteiger partial charge in [0.1, 0.15) is 17.4 Å². The molecule has 14 heteroatoms. The van der Waals surface area contributed by atoms with E-state index < -0.39 is 22.1 Å². The summed E-state index contributed by atoms with van der Waals surface area (Å²) < 4.78 is 35.3. The van der Waals surface area contributed by atoms with E-state index >= 15 is 0 Å². The largest absolute Gasteiger partial charge is 0.461 e. The summed E-state index contributed by atoms with van der Waals surface area (Å²) in [5.41, 5.74) is 1.47. The summed E-state index contributed by atoms with van der Waals surface area (Å²) in [5, 5.41) is 8.83. The number of anilines is 2. The summed E-state index contributed by atoms with van der Waals surface area (Å²) in [6.07, 6.45) is 3.70. The number of aryl methyl sites for hydroxylation is 1. The summed E-state index contributed by atoms with van der Waals surface area (Å²) in [7, 11) is -2.77. The van der Waals surface area contributed by atoms with Crippen molar-refractivity contribution < 1.29 is 27.2 Å². The molecule has 5 rings (SSSR count). The highest BCUT2D eigenvalue weighted by Gasteiger charge is 2.31. The Hall–Kier alpha value is -4.59. The van der Waals surface area contributed by atoms with E-state index in [0.717, 1.165) is 24.0 Å². The maximum Gasteiger partial charge on any atom is 0.318 e. The Morgan fingerprint density at radius 3 is 2.50 bits per heavy atom. The molecule has 2 saturated heterocycles. The number of hydrogen-bond donors (Lipinski definition) is 4. The first-order chi connectivity index (χ1) is 21.1. The zero-order valence-corrected chi connectivity index (χ0v) is 25.6. The second-order valence-electron chi connectivity index (χ2n) is 10.9. The molecule has 0 saturated carbocycles. The number of amides is 4. The van der Waals surface area contributed by atoms with Crippen molar-refractivity contribution in [2.75, 3.05) is 43.9 Å². The van der Waals surface area contributed by atoms with Crippen molar-refractivity contribution in [2.45, 2.75) is 50.0 Å². The third-order valence-corrected chi connectivity index (χ3v) is 8.92. The first-order valence-electron chi connectivity index (χ1n) is 14.6. The predicted octanol–water partition coefficient (Wildman–Crippen LogP) is 3.24. The Morgan fingerprint density at radius 2 is 1.73 bits per heavy atom. The summed E-state index contributed by atoms with van der Waals surface area (Å²) in [5.74, 6) is 0.157. The number of carbonyl (C=O) groups is 3. The molecule has 2 aliphatic heterocycles. The quantitative estimate of drug-likeness (QED) is 0.232. The van der Waals surface area contributed by atoms with Gasteiger partial charge in [0.05, 0.1) is 11.4 Å². The zero-order valence-electron chi connectivity index (χ0n) is 24.8. The van der Waals surface area contributed by atoms with Crippen LogP contribution in [0.3, 0.4) is 0 Å². The Kier molecular flexibility index (Phi) is 9.37. The number of urea groups is 1. The lowest BCUT2D eigenvalue weighted by Gasteiger charge is -2.25. The molecule has 0 unspecified atom stereocenters. The van der Waals surface area contributed by atoms with Crippen LogP contribution >= 0.6 is 0 Å². The van der Waals surface area contributed by atoms with Crippen molar-refractivity contribution in [3.63, 3.8) is 0 Å². The standard InChI is InChI=1S/C30H37N7O6S/c1-20-16-21-17-23(11-12-26(21)43-20)32-29(35-44(41,42)24-9-7-8-22(18-24)33-30(40)31-2)34-25-10-3-4-15-37(28(25)39)19-27(38)36-13-5-6-14-36/h7-9,11-12,16-18,25H,3-6,10,13-15,19H2,1-2H3,(H2,31,33,40)(H2,32,34,35)/t25-/m0/s1. The van der Waals surface area contributed by atoms with Crippen molar-refractivity contribution in [2.24, 2.45) is 4.99 Å². The number of nitrogens with one attached hydrogen (secondary N) is 4. The molecule has 0 spiro atoms. The van der Waals surface area contributed by atoms with Gasteiger partial charge in [-0.05, 0) is 81.5 Å². The third-order valence-electron chi connectivity index (χ3n) is 7.58. The Bertz CT molecular complexity index is 1680. The van der Waals surface area contributed by atoms with E-state index in [1.165, 1.54) is 30.1 Å². The van der Waals surface area contributed by atoms with E-state index in [1.54, 1.807) is 29.2 Å². The molecule has 13 nitrogen and oxygen atoms in total. The van der Waals surface area contributed by atoms with Crippen LogP contribution in [0.15, 0.2) is 62.8 Å². The number of likely N-dealkylation sites (tertiary alicyclic amines) is 2. The van der Waals surface area contributed by atoms with Gasteiger partial charge in [-0.25, -0.2) is 22.9 Å². The Balaban J connectivity index is 1.44. The first kappa shape index (κ1) is 30.9. The fourth-order valence-electron chi connectivity index (χ4n) is 5.34. The summed E-state index contributed by atoms with van der Waals surface area (Å²) in [6.45, 7) is 3.62. The smallest absolute Gasteiger partial charge is 0.318 e. The van der Waals surface area contributed by atoms with Crippen LogP contribution in [0.1, 0.15) is 37.9 Å². The van der Waals surface area contributed by atoms with E-state index in [2.05, 4.69) is 25.7 Å². The first-order valence-corrected chi connectivity index (χ1v) is 16.1. The summed E-state index contributed by atoms with van der Waals surface area (Å²) in [4.78, 5) is 46.1. The van der Waals surface area contributed by atoms with Gasteiger partial charge >= 0.3 is 6.03 Å². The lowest BCUT2D eigenvalue weighted by atomic mass is 10.1. The van der Waals surface area contributed by atoms with Crippen molar-refractivity contribution in [1.29, 1.82) is 0 Å². The molecule has 2 aliphatic rings. The van der Waals surface area contributed by atoms with Gasteiger partial charge in [-0.1, -0.05) is 6.07 Å². The molecule has 2 aromatic carbocycles. The third kappa shape index (κ3) is 7.48. The van der Waals surface area contributed by atoms with Gasteiger partial charge in [0, 0.05) is 43.4 Å². The number of rotatable bonds is 7. The van der Waals surface area contributed by atoms with Crippen LogP contribution in [-0.2, 0) is 19.6 Å². The van der Waals surface area contributed by atoms with Crippen LogP contribution in [-0.4, -0.2) is 81.3 Å². The average molecular weight is 624 g/mol. The Labute approximate surface area is 256 Å². The van der Waals surface area contributed by atoms with Gasteiger partial charge < -0.3 is 30.2 Å². The molecule has 0 radical (unpaired) electrons. The van der Waals surface area contributed by atoms with Gasteiger partial charge in [-0.2, -0.15) is 0 Å². The molecule has 1 aromatic heterocycles. The van der Waals surface area contributed by atoms with Gasteiger partial charge in [0.15, 0.2) is 0 Å². The molecule has 4 amide bonds. The monoisotopic (exact) mass is 623 g/mol. The average Bonchev–Trinajstić information content (AvgIpc) is 3.63. The van der Waals surface area contributed by atoms with Gasteiger partial charge in [0.2, 0.25) is 17.8 Å². The van der Waals surface area contributed by atoms with Crippen LogP contribution in [0.4, 0.5) is 16.2 Å². The second-order valence-corrected chi connectivity index (χ2v) is 12.6. The fourth-order valence-corrected chi connectivity index (χ4v) is 6.36. The minimum atomic E-state index is -4.22. The highest BCUT2D eigenvalue weighted by molar-refractivity contribution is 7.90. The van der Waals surface area contributed by atoms with Crippen molar-refractivity contribution >= 4 is 56.2 Å². The predicted molar refractivity (Wildman–Crippen MR) is 167 cm³/mol. The van der Waals surface area contributed by atoms with Crippen LogP contribution in [0.25, 0.3) is 11.0 Å². The van der Waals surface area contributed by atoms with Crippen LogP contribution in [0.2, 0.25) is 0 Å². The van der Waals surface area contributed by atoms with E-state index in [1.807, 2.05) is 13.0 Å². The van der Waals surface area contributed by atoms with Crippen molar-refractivity contribution in [3.8, 4) is 0 Å². The lowest BCUT2D eigenvalue weighted by Crippen LogP contribution is -2.45. The number of hydrogen-bond acceptors (Lipinski definition) is 7. The number of sulfonamides is 1. The number of fused-ring (bicyclic) bond motifs is 1. The number of aliphatic imine (C=N–C) groups is 1. The Morgan fingerprint density at radius 1 is 0.977 bits per heavy atom. The van der Waals surface area contributed by atoms with E-state index in [0.29, 0.717) is 50.2 Å². The number of guanidine groups is 1. The lowest BCUT2D eigenvalue weighted by molar-refractivity contribution is -0.140. The van der Waals surface area contributed by atoms with Crippen LogP contribution < -0.4 is 20.7 Å². The number of nitrogens with zero attached hydrogens (tertiary/aromatic N) is 3. The fraction of sp³-hybridized carbons (Fsp3) is 0.400. The molecule has 234 valence electrons. The van der Waals surface area contributed by atoms with Crippen molar-refractivity contribution in [1.82, 2.24) is 19.8 Å². The molecule has 1 atom stereocenters. The van der Waals surface area contributed by atoms with Gasteiger partial charge in [-0.3, -0.25) is 9.59 Å². The molecule has 2 fully saturated rings. The molecular formula is C30H37N7O6S. The molecule has 0 bridgehead atoms. The van der Waals surface area contributed by atoms with Crippen molar-refractivity contribution in [3.05, 3.63) is 54.3 Å². The maximum atomic E-state index is 13.7. The topological polar surface area (TPSA) is 165 Å².